The lowest BCUT2D eigenvalue weighted by molar-refractivity contribution is -0.139. The smallest absolute Gasteiger partial charge is 0.324 e. The van der Waals surface area contributed by atoms with Crippen LogP contribution in [0.5, 0.6) is 0 Å². The lowest BCUT2D eigenvalue weighted by Gasteiger charge is -2.08. The Morgan fingerprint density at radius 1 is 1.23 bits per heavy atom. The summed E-state index contributed by atoms with van der Waals surface area (Å²) in [7, 11) is 0. The predicted octanol–water partition coefficient (Wildman–Crippen LogP) is 2.13. The summed E-state index contributed by atoms with van der Waals surface area (Å²) < 4.78 is 48.7. The highest BCUT2D eigenvalue weighted by atomic mass is 19.4. The fourth-order valence-electron chi connectivity index (χ4n) is 0.835. The number of hydrogen-bond donors (Lipinski definition) is 2. The van der Waals surface area contributed by atoms with Crippen LogP contribution in [0.4, 0.5) is 23.2 Å². The molecule has 0 aromatic heterocycles. The van der Waals surface area contributed by atoms with Gasteiger partial charge < -0.3 is 5.43 Å². The van der Waals surface area contributed by atoms with E-state index in [2.05, 4.69) is 0 Å². The van der Waals surface area contributed by atoms with E-state index >= 15 is 0 Å². The molecule has 6 heteroatoms. The monoisotopic (exact) mass is 194 g/mol. The number of nitrogens with one attached hydrogen (secondary N) is 1. The van der Waals surface area contributed by atoms with Crippen LogP contribution in [0, 0.1) is 5.82 Å². The van der Waals surface area contributed by atoms with E-state index in [0.717, 1.165) is 6.07 Å². The van der Waals surface area contributed by atoms with Crippen molar-refractivity contribution in [2.75, 3.05) is 5.43 Å². The molecule has 0 aliphatic rings. The van der Waals surface area contributed by atoms with Crippen molar-refractivity contribution in [1.29, 1.82) is 0 Å². The average molecular weight is 194 g/mol. The maximum Gasteiger partial charge on any atom is 0.419 e. The summed E-state index contributed by atoms with van der Waals surface area (Å²) in [5.41, 5.74) is 0.828. The maximum atomic E-state index is 12.7. The van der Waals surface area contributed by atoms with Crippen LogP contribution in [-0.4, -0.2) is 0 Å². The van der Waals surface area contributed by atoms with Gasteiger partial charge in [0.2, 0.25) is 0 Å². The molecule has 1 rings (SSSR count). The Balaban J connectivity index is 3.13. The van der Waals surface area contributed by atoms with Gasteiger partial charge in [0.25, 0.3) is 0 Å². The molecule has 0 atom stereocenters. The molecule has 72 valence electrons. The number of hydrazine groups is 1. The molecular formula is C7H6F4N2. The summed E-state index contributed by atoms with van der Waals surface area (Å²) in [5, 5.41) is 0. The van der Waals surface area contributed by atoms with E-state index in [4.69, 9.17) is 5.84 Å². The second kappa shape index (κ2) is 3.21. The molecule has 0 aliphatic heterocycles. The van der Waals surface area contributed by atoms with Gasteiger partial charge in [-0.05, 0) is 18.2 Å². The Bertz CT molecular complexity index is 308. The van der Waals surface area contributed by atoms with Crippen molar-refractivity contribution >= 4 is 5.69 Å². The summed E-state index contributed by atoms with van der Waals surface area (Å²) in [5.74, 6) is 3.54. The third-order valence-corrected chi connectivity index (χ3v) is 1.44. The Labute approximate surface area is 71.3 Å². The highest BCUT2D eigenvalue weighted by Gasteiger charge is 2.33. The van der Waals surface area contributed by atoms with Crippen molar-refractivity contribution in [2.24, 2.45) is 5.84 Å². The van der Waals surface area contributed by atoms with E-state index in [0.29, 0.717) is 12.1 Å². The van der Waals surface area contributed by atoms with E-state index in [1.165, 1.54) is 0 Å². The normalized spacial score (nSPS) is 11.5. The lowest BCUT2D eigenvalue weighted by atomic mass is 10.2. The molecule has 0 heterocycles. The number of hydrogen-bond acceptors (Lipinski definition) is 2. The summed E-state index contributed by atoms with van der Waals surface area (Å²) >= 11 is 0. The number of nitrogen functional groups attached to an aromatic ring is 1. The van der Waals surface area contributed by atoms with Crippen molar-refractivity contribution < 1.29 is 17.6 Å². The molecule has 13 heavy (non-hydrogen) atoms. The molecule has 0 saturated carbocycles. The van der Waals surface area contributed by atoms with Gasteiger partial charge in [-0.2, -0.15) is 13.2 Å². The highest BCUT2D eigenvalue weighted by Crippen LogP contribution is 2.32. The summed E-state index contributed by atoms with van der Waals surface area (Å²) in [6.45, 7) is 0. The van der Waals surface area contributed by atoms with Crippen LogP contribution >= 0.6 is 0 Å². The second-order valence-corrected chi connectivity index (χ2v) is 2.34. The van der Waals surface area contributed by atoms with Gasteiger partial charge in [-0.1, -0.05) is 0 Å². The van der Waals surface area contributed by atoms with Crippen molar-refractivity contribution in [2.45, 2.75) is 6.18 Å². The van der Waals surface area contributed by atoms with Crippen molar-refractivity contribution in [3.05, 3.63) is 29.6 Å². The molecule has 0 radical (unpaired) electrons. The maximum absolute atomic E-state index is 12.7. The number of benzene rings is 1. The van der Waals surface area contributed by atoms with Crippen LogP contribution in [0.15, 0.2) is 18.2 Å². The topological polar surface area (TPSA) is 38.0 Å². The van der Waals surface area contributed by atoms with Gasteiger partial charge in [-0.3, -0.25) is 5.84 Å². The minimum absolute atomic E-state index is 0.0884. The SMILES string of the molecule is NNc1ccc(C(F)(F)F)c(F)c1. The van der Waals surface area contributed by atoms with Gasteiger partial charge in [-0.15, -0.1) is 0 Å². The van der Waals surface area contributed by atoms with Gasteiger partial charge in [0, 0.05) is 0 Å². The zero-order chi connectivity index (χ0) is 10.1. The summed E-state index contributed by atoms with van der Waals surface area (Å²) in [4.78, 5) is 0. The molecule has 1 aromatic carbocycles. The first-order valence-electron chi connectivity index (χ1n) is 3.28. The van der Waals surface area contributed by atoms with E-state index < -0.39 is 17.6 Å². The lowest BCUT2D eigenvalue weighted by Crippen LogP contribution is -2.11. The highest BCUT2D eigenvalue weighted by molar-refractivity contribution is 5.44. The number of alkyl halides is 3. The Morgan fingerprint density at radius 3 is 2.23 bits per heavy atom. The Hall–Kier alpha value is -1.30. The minimum Gasteiger partial charge on any atom is -0.324 e. The first-order chi connectivity index (χ1) is 5.95. The molecule has 0 fully saturated rings. The van der Waals surface area contributed by atoms with Crippen LogP contribution in [0.25, 0.3) is 0 Å². The van der Waals surface area contributed by atoms with Gasteiger partial charge >= 0.3 is 6.18 Å². The molecule has 0 spiro atoms. The first kappa shape index (κ1) is 9.79. The number of halogens is 4. The van der Waals surface area contributed by atoms with Crippen LogP contribution in [0.1, 0.15) is 5.56 Å². The molecule has 0 aliphatic carbocycles. The molecule has 0 saturated heterocycles. The summed E-state index contributed by atoms with van der Waals surface area (Å²) in [6.07, 6.45) is -4.67. The van der Waals surface area contributed by atoms with Crippen LogP contribution in [0.2, 0.25) is 0 Å². The fraction of sp³-hybridized carbons (Fsp3) is 0.143. The molecular weight excluding hydrogens is 188 g/mol. The average Bonchev–Trinajstić information content (AvgIpc) is 2.01. The number of anilines is 1. The second-order valence-electron chi connectivity index (χ2n) is 2.34. The number of rotatable bonds is 1. The zero-order valence-electron chi connectivity index (χ0n) is 6.32. The molecule has 3 N–H and O–H groups in total. The van der Waals surface area contributed by atoms with E-state index in [1.807, 2.05) is 5.43 Å². The van der Waals surface area contributed by atoms with Crippen molar-refractivity contribution in [3.8, 4) is 0 Å². The Kier molecular flexibility index (Phi) is 2.42. The zero-order valence-corrected chi connectivity index (χ0v) is 6.32. The van der Waals surface area contributed by atoms with Crippen LogP contribution in [-0.2, 0) is 6.18 Å². The van der Waals surface area contributed by atoms with Gasteiger partial charge in [0.05, 0.1) is 11.3 Å². The predicted molar refractivity (Wildman–Crippen MR) is 39.2 cm³/mol. The van der Waals surface area contributed by atoms with E-state index in [-0.39, 0.29) is 5.69 Å². The molecule has 0 amide bonds. The summed E-state index contributed by atoms with van der Waals surface area (Å²) in [6, 6.07) is 2.36. The molecule has 0 unspecified atom stereocenters. The van der Waals surface area contributed by atoms with Crippen molar-refractivity contribution in [1.82, 2.24) is 0 Å². The number of nitrogens with two attached hydrogens (primary N) is 1. The first-order valence-corrected chi connectivity index (χ1v) is 3.28. The standard InChI is InChI=1S/C7H6F4N2/c8-6-3-4(13-12)1-2-5(6)7(9,10)11/h1-3,13H,12H2. The minimum atomic E-state index is -4.67. The van der Waals surface area contributed by atoms with Gasteiger partial charge in [0.1, 0.15) is 5.82 Å². The van der Waals surface area contributed by atoms with Gasteiger partial charge in [-0.25, -0.2) is 4.39 Å². The van der Waals surface area contributed by atoms with Crippen LogP contribution < -0.4 is 11.3 Å². The van der Waals surface area contributed by atoms with E-state index in [1.54, 1.807) is 0 Å². The fourth-order valence-corrected chi connectivity index (χ4v) is 0.835. The Morgan fingerprint density at radius 2 is 1.85 bits per heavy atom. The van der Waals surface area contributed by atoms with Crippen molar-refractivity contribution in [3.63, 3.8) is 0 Å². The van der Waals surface area contributed by atoms with E-state index in [9.17, 15) is 17.6 Å². The molecule has 0 bridgehead atoms. The third kappa shape index (κ3) is 2.09. The largest absolute Gasteiger partial charge is 0.419 e. The third-order valence-electron chi connectivity index (χ3n) is 1.44. The van der Waals surface area contributed by atoms with Crippen LogP contribution in [0.3, 0.4) is 0 Å². The quantitative estimate of drug-likeness (QED) is 0.408. The molecule has 1 aromatic rings. The molecule has 2 nitrogen and oxygen atoms in total. The van der Waals surface area contributed by atoms with Gasteiger partial charge in [0.15, 0.2) is 0 Å².